The van der Waals surface area contributed by atoms with Crippen molar-refractivity contribution in [2.75, 3.05) is 29.5 Å². The molecule has 8 nitrogen and oxygen atoms in total. The number of aromatic nitrogens is 2. The van der Waals surface area contributed by atoms with E-state index in [2.05, 4.69) is 20.6 Å². The Labute approximate surface area is 185 Å². The van der Waals surface area contributed by atoms with Crippen molar-refractivity contribution in [3.63, 3.8) is 0 Å². The molecule has 1 aromatic carbocycles. The van der Waals surface area contributed by atoms with Crippen molar-refractivity contribution >= 4 is 34.1 Å². The molecule has 3 aromatic rings. The lowest BCUT2D eigenvalue weighted by Crippen LogP contribution is -2.21. The van der Waals surface area contributed by atoms with Gasteiger partial charge in [-0.15, -0.1) is 0 Å². The number of fused-ring (bicyclic) bond motifs is 2. The average Bonchev–Trinajstić information content (AvgIpc) is 2.80. The van der Waals surface area contributed by atoms with Crippen molar-refractivity contribution in [3.05, 3.63) is 35.9 Å². The lowest BCUT2D eigenvalue weighted by molar-refractivity contribution is 0.106. The number of rotatable bonds is 5. The van der Waals surface area contributed by atoms with Crippen molar-refractivity contribution in [3.8, 4) is 17.0 Å². The largest absolute Gasteiger partial charge is 0.474 e. The second kappa shape index (κ2) is 8.86. The van der Waals surface area contributed by atoms with Gasteiger partial charge in [-0.1, -0.05) is 13.8 Å². The monoisotopic (exact) mass is 439 g/mol. The zero-order valence-corrected chi connectivity index (χ0v) is 18.3. The molecule has 0 radical (unpaired) electrons. The lowest BCUT2D eigenvalue weighted by atomic mass is 9.97. The standard InChI is InChI=1S/C23H26FN5O3/c1-4-14(5-2)32-23(30)29-18-9-13-8-15(19(24)20(25)17(13)11-27-18)16-10-28-22-21(12(16)3)26-6-7-31-22/h8-11,14,26H,4-7,25H2,1-3H3,(H,27,29,30). The summed E-state index contributed by atoms with van der Waals surface area (Å²) < 4.78 is 26.2. The van der Waals surface area contributed by atoms with E-state index >= 15 is 4.39 Å². The molecule has 0 aliphatic carbocycles. The number of hydrogen-bond acceptors (Lipinski definition) is 7. The summed E-state index contributed by atoms with van der Waals surface area (Å²) in [6.07, 6.45) is 3.73. The van der Waals surface area contributed by atoms with Gasteiger partial charge in [0.15, 0.2) is 5.82 Å². The van der Waals surface area contributed by atoms with Crippen molar-refractivity contribution in [1.82, 2.24) is 9.97 Å². The molecule has 0 spiro atoms. The number of nitrogens with two attached hydrogens (primary N) is 1. The zero-order chi connectivity index (χ0) is 22.8. The van der Waals surface area contributed by atoms with E-state index in [0.717, 1.165) is 24.1 Å². The molecule has 0 fully saturated rings. The number of anilines is 3. The predicted molar refractivity (Wildman–Crippen MR) is 123 cm³/mol. The van der Waals surface area contributed by atoms with Crippen LogP contribution in [0.1, 0.15) is 32.3 Å². The minimum absolute atomic E-state index is 0.0162. The SMILES string of the molecule is CCC(CC)OC(=O)Nc1cc2cc(-c3cnc4c(c3C)NCCO4)c(F)c(N)c2cn1. The highest BCUT2D eigenvalue weighted by molar-refractivity contribution is 5.99. The number of carbonyl (C=O) groups excluding carboxylic acids is 1. The molecule has 1 aliphatic heterocycles. The van der Waals surface area contributed by atoms with Crippen molar-refractivity contribution < 1.29 is 18.7 Å². The van der Waals surface area contributed by atoms with Gasteiger partial charge in [-0.05, 0) is 42.8 Å². The minimum atomic E-state index is -0.582. The Kier molecular flexibility index (Phi) is 5.98. The lowest BCUT2D eigenvalue weighted by Gasteiger charge is -2.22. The number of carbonyl (C=O) groups is 1. The Morgan fingerprint density at radius 3 is 2.81 bits per heavy atom. The molecule has 9 heteroatoms. The van der Waals surface area contributed by atoms with Crippen LogP contribution in [-0.4, -0.2) is 35.3 Å². The van der Waals surface area contributed by atoms with Crippen LogP contribution in [0.4, 0.5) is 26.4 Å². The third kappa shape index (κ3) is 3.98. The number of amides is 1. The van der Waals surface area contributed by atoms with Crippen molar-refractivity contribution in [2.45, 2.75) is 39.7 Å². The summed E-state index contributed by atoms with van der Waals surface area (Å²) >= 11 is 0. The second-order valence-corrected chi connectivity index (χ2v) is 7.66. The van der Waals surface area contributed by atoms with E-state index < -0.39 is 11.9 Å². The molecule has 168 valence electrons. The number of hydrogen-bond donors (Lipinski definition) is 3. The molecule has 0 atom stereocenters. The topological polar surface area (TPSA) is 111 Å². The van der Waals surface area contributed by atoms with E-state index in [-0.39, 0.29) is 11.8 Å². The summed E-state index contributed by atoms with van der Waals surface area (Å²) in [4.78, 5) is 20.7. The Hall–Kier alpha value is -3.62. The number of pyridine rings is 2. The fourth-order valence-corrected chi connectivity index (χ4v) is 3.80. The Morgan fingerprint density at radius 1 is 1.28 bits per heavy atom. The third-order valence-corrected chi connectivity index (χ3v) is 5.65. The van der Waals surface area contributed by atoms with Crippen LogP contribution in [0.5, 0.6) is 5.88 Å². The molecule has 4 rings (SSSR count). The van der Waals surface area contributed by atoms with E-state index in [1.165, 1.54) is 6.20 Å². The van der Waals surface area contributed by atoms with Crippen molar-refractivity contribution in [2.24, 2.45) is 0 Å². The number of nitrogen functional groups attached to an aromatic ring is 1. The van der Waals surface area contributed by atoms with Crippen LogP contribution >= 0.6 is 0 Å². The molecule has 0 saturated carbocycles. The highest BCUT2D eigenvalue weighted by atomic mass is 19.1. The molecular weight excluding hydrogens is 413 g/mol. The molecule has 4 N–H and O–H groups in total. The number of nitrogens with zero attached hydrogens (tertiary/aromatic N) is 2. The van der Waals surface area contributed by atoms with Gasteiger partial charge in [0.1, 0.15) is 24.2 Å². The van der Waals surface area contributed by atoms with E-state index in [9.17, 15) is 4.79 Å². The quantitative estimate of drug-likeness (QED) is 0.486. The van der Waals surface area contributed by atoms with E-state index in [1.807, 2.05) is 20.8 Å². The summed E-state index contributed by atoms with van der Waals surface area (Å²) in [7, 11) is 0. The van der Waals surface area contributed by atoms with E-state index in [0.29, 0.717) is 46.7 Å². The summed E-state index contributed by atoms with van der Waals surface area (Å²) in [5.74, 6) is 0.244. The summed E-state index contributed by atoms with van der Waals surface area (Å²) in [5, 5.41) is 6.97. The highest BCUT2D eigenvalue weighted by Crippen LogP contribution is 2.39. The van der Waals surface area contributed by atoms with Crippen LogP contribution in [0.25, 0.3) is 21.9 Å². The minimum Gasteiger partial charge on any atom is -0.474 e. The summed E-state index contributed by atoms with van der Waals surface area (Å²) in [6, 6.07) is 3.32. The number of halogens is 1. The number of nitrogens with one attached hydrogen (secondary N) is 2. The fraction of sp³-hybridized carbons (Fsp3) is 0.348. The van der Waals surface area contributed by atoms with E-state index in [1.54, 1.807) is 18.3 Å². The van der Waals surface area contributed by atoms with Crippen LogP contribution in [0.15, 0.2) is 24.5 Å². The molecule has 1 aliphatic rings. The summed E-state index contributed by atoms with van der Waals surface area (Å²) in [6.45, 7) is 6.96. The molecule has 1 amide bonds. The first-order valence-corrected chi connectivity index (χ1v) is 10.6. The first-order chi connectivity index (χ1) is 15.4. The van der Waals surface area contributed by atoms with Gasteiger partial charge in [-0.2, -0.15) is 0 Å². The molecule has 0 saturated heterocycles. The number of ether oxygens (including phenoxy) is 2. The third-order valence-electron chi connectivity index (χ3n) is 5.65. The Morgan fingerprint density at radius 2 is 2.06 bits per heavy atom. The van der Waals surface area contributed by atoms with Crippen LogP contribution in [0.2, 0.25) is 0 Å². The molecule has 32 heavy (non-hydrogen) atoms. The molecular formula is C23H26FN5O3. The second-order valence-electron chi connectivity index (χ2n) is 7.66. The van der Waals surface area contributed by atoms with Gasteiger partial charge in [-0.25, -0.2) is 19.2 Å². The Bertz CT molecular complexity index is 1180. The zero-order valence-electron chi connectivity index (χ0n) is 18.3. The van der Waals surface area contributed by atoms with E-state index in [4.69, 9.17) is 15.2 Å². The van der Waals surface area contributed by atoms with Gasteiger partial charge in [0.2, 0.25) is 5.88 Å². The van der Waals surface area contributed by atoms with Crippen LogP contribution in [0.3, 0.4) is 0 Å². The van der Waals surface area contributed by atoms with Crippen LogP contribution < -0.4 is 21.1 Å². The molecule has 0 bridgehead atoms. The fourth-order valence-electron chi connectivity index (χ4n) is 3.80. The van der Waals surface area contributed by atoms with Gasteiger partial charge in [-0.3, -0.25) is 5.32 Å². The van der Waals surface area contributed by atoms with Gasteiger partial charge < -0.3 is 20.5 Å². The molecule has 2 aromatic heterocycles. The van der Waals surface area contributed by atoms with Gasteiger partial charge in [0, 0.05) is 35.5 Å². The van der Waals surface area contributed by atoms with Gasteiger partial charge in [0.05, 0.1) is 5.69 Å². The van der Waals surface area contributed by atoms with Crippen LogP contribution in [-0.2, 0) is 4.74 Å². The maximum Gasteiger partial charge on any atom is 0.413 e. The van der Waals surface area contributed by atoms with Crippen LogP contribution in [0, 0.1) is 12.7 Å². The number of benzene rings is 1. The molecule has 0 unspecified atom stereocenters. The van der Waals surface area contributed by atoms with Gasteiger partial charge in [0.25, 0.3) is 0 Å². The normalized spacial score (nSPS) is 12.8. The Balaban J connectivity index is 1.72. The first-order valence-electron chi connectivity index (χ1n) is 10.6. The maximum atomic E-state index is 15.2. The van der Waals surface area contributed by atoms with Crippen molar-refractivity contribution in [1.29, 1.82) is 0 Å². The highest BCUT2D eigenvalue weighted by Gasteiger charge is 2.21. The molecule has 3 heterocycles. The predicted octanol–water partition coefficient (Wildman–Crippen LogP) is 4.87. The smallest absolute Gasteiger partial charge is 0.413 e. The maximum absolute atomic E-state index is 15.2. The average molecular weight is 439 g/mol. The van der Waals surface area contributed by atoms with Gasteiger partial charge >= 0.3 is 6.09 Å². The first kappa shape index (κ1) is 21.6. The summed E-state index contributed by atoms with van der Waals surface area (Å²) in [5.41, 5.74) is 8.57.